The summed E-state index contributed by atoms with van der Waals surface area (Å²) >= 11 is 0. The fourth-order valence-electron chi connectivity index (χ4n) is 1.52. The van der Waals surface area contributed by atoms with Gasteiger partial charge in [0.2, 0.25) is 0 Å². The average Bonchev–Trinajstić information content (AvgIpc) is 2.34. The molecule has 0 aliphatic heterocycles. The van der Waals surface area contributed by atoms with Crippen molar-refractivity contribution in [3.63, 3.8) is 0 Å². The zero-order valence-corrected chi connectivity index (χ0v) is 9.76. The molecule has 0 saturated heterocycles. The summed E-state index contributed by atoms with van der Waals surface area (Å²) in [7, 11) is 1.99. The zero-order valence-electron chi connectivity index (χ0n) is 9.76. The minimum atomic E-state index is 0.0495. The normalized spacial score (nSPS) is 10.4. The maximum absolute atomic E-state index is 9.02. The Morgan fingerprint density at radius 1 is 1.25 bits per heavy atom. The largest absolute Gasteiger partial charge is 0.396 e. The Balaban J connectivity index is 2.42. The summed E-state index contributed by atoms with van der Waals surface area (Å²) in [5.74, 6) is 0.885. The Kier molecular flexibility index (Phi) is 5.82. The summed E-state index contributed by atoms with van der Waals surface area (Å²) in [6.07, 6.45) is 4.64. The predicted octanol–water partition coefficient (Wildman–Crippen LogP) is 1.17. The van der Waals surface area contributed by atoms with Crippen LogP contribution in [0, 0.1) is 0 Å². The molecule has 0 spiro atoms. The van der Waals surface area contributed by atoms with Gasteiger partial charge < -0.3 is 15.1 Å². The van der Waals surface area contributed by atoms with E-state index < -0.39 is 0 Å². The summed E-state index contributed by atoms with van der Waals surface area (Å²) in [6, 6.07) is 3.70. The number of hydrogen-bond donors (Lipinski definition) is 2. The lowest BCUT2D eigenvalue weighted by Crippen LogP contribution is -2.19. The van der Waals surface area contributed by atoms with Gasteiger partial charge in [-0.2, -0.15) is 0 Å². The molecular formula is C12H20N2O2. The van der Waals surface area contributed by atoms with Gasteiger partial charge in [-0.3, -0.25) is 0 Å². The number of aromatic nitrogens is 1. The standard InChI is InChI=1S/C12H20N2O2/c1-14(7-3-2-4-8-15)12-9-11(10-16)5-6-13-12/h5-6,9,15-16H,2-4,7-8,10H2,1H3. The van der Waals surface area contributed by atoms with Crippen LogP contribution in [0.1, 0.15) is 24.8 Å². The molecule has 0 amide bonds. The molecule has 4 heteroatoms. The molecule has 1 aromatic heterocycles. The molecular weight excluding hydrogens is 204 g/mol. The SMILES string of the molecule is CN(CCCCCO)c1cc(CO)ccn1. The molecule has 0 aromatic carbocycles. The molecule has 0 bridgehead atoms. The number of unbranched alkanes of at least 4 members (excludes halogenated alkanes) is 2. The minimum absolute atomic E-state index is 0.0495. The highest BCUT2D eigenvalue weighted by molar-refractivity contribution is 5.39. The molecule has 16 heavy (non-hydrogen) atoms. The van der Waals surface area contributed by atoms with Crippen molar-refractivity contribution in [3.05, 3.63) is 23.9 Å². The van der Waals surface area contributed by atoms with Crippen molar-refractivity contribution in [3.8, 4) is 0 Å². The Bertz CT molecular complexity index is 305. The van der Waals surface area contributed by atoms with Gasteiger partial charge in [0.25, 0.3) is 0 Å². The molecule has 1 heterocycles. The third-order valence-electron chi connectivity index (χ3n) is 2.54. The topological polar surface area (TPSA) is 56.6 Å². The second-order valence-corrected chi connectivity index (χ2v) is 3.89. The second-order valence-electron chi connectivity index (χ2n) is 3.89. The van der Waals surface area contributed by atoms with Crippen LogP contribution in [0.15, 0.2) is 18.3 Å². The maximum Gasteiger partial charge on any atom is 0.128 e. The Morgan fingerprint density at radius 2 is 2.06 bits per heavy atom. The molecule has 0 fully saturated rings. The van der Waals surface area contributed by atoms with Crippen molar-refractivity contribution in [2.45, 2.75) is 25.9 Å². The molecule has 0 saturated carbocycles. The first-order valence-electron chi connectivity index (χ1n) is 5.65. The highest BCUT2D eigenvalue weighted by atomic mass is 16.3. The van der Waals surface area contributed by atoms with Crippen LogP contribution in [0.3, 0.4) is 0 Å². The van der Waals surface area contributed by atoms with E-state index in [0.29, 0.717) is 0 Å². The van der Waals surface area contributed by atoms with Gasteiger partial charge in [-0.15, -0.1) is 0 Å². The molecule has 1 rings (SSSR count). The molecule has 0 radical (unpaired) electrons. The highest BCUT2D eigenvalue weighted by Crippen LogP contribution is 2.12. The van der Waals surface area contributed by atoms with Crippen LogP contribution in [0.5, 0.6) is 0 Å². The lowest BCUT2D eigenvalue weighted by Gasteiger charge is -2.18. The third-order valence-corrected chi connectivity index (χ3v) is 2.54. The van der Waals surface area contributed by atoms with Crippen LogP contribution in [0.2, 0.25) is 0 Å². The van der Waals surface area contributed by atoms with E-state index >= 15 is 0 Å². The summed E-state index contributed by atoms with van der Waals surface area (Å²) in [5, 5.41) is 17.7. The van der Waals surface area contributed by atoms with Crippen LogP contribution in [0.4, 0.5) is 5.82 Å². The third kappa shape index (κ3) is 4.16. The van der Waals surface area contributed by atoms with Crippen molar-refractivity contribution < 1.29 is 10.2 Å². The smallest absolute Gasteiger partial charge is 0.128 e. The van der Waals surface area contributed by atoms with Gasteiger partial charge in [-0.25, -0.2) is 4.98 Å². The molecule has 4 nitrogen and oxygen atoms in total. The fraction of sp³-hybridized carbons (Fsp3) is 0.583. The molecule has 0 aliphatic carbocycles. The first-order chi connectivity index (χ1) is 7.77. The van der Waals surface area contributed by atoms with E-state index in [0.717, 1.165) is 37.2 Å². The molecule has 2 N–H and O–H groups in total. The van der Waals surface area contributed by atoms with Crippen molar-refractivity contribution in [2.75, 3.05) is 25.1 Å². The van der Waals surface area contributed by atoms with Gasteiger partial charge in [0.1, 0.15) is 5.82 Å². The van der Waals surface area contributed by atoms with Crippen LogP contribution < -0.4 is 4.90 Å². The van der Waals surface area contributed by atoms with E-state index in [9.17, 15) is 0 Å². The fourth-order valence-corrected chi connectivity index (χ4v) is 1.52. The molecule has 0 unspecified atom stereocenters. The van der Waals surface area contributed by atoms with Gasteiger partial charge in [0.15, 0.2) is 0 Å². The van der Waals surface area contributed by atoms with Gasteiger partial charge in [-0.1, -0.05) is 0 Å². The maximum atomic E-state index is 9.02. The number of aliphatic hydroxyl groups is 2. The first-order valence-corrected chi connectivity index (χ1v) is 5.65. The Morgan fingerprint density at radius 3 is 2.75 bits per heavy atom. The lowest BCUT2D eigenvalue weighted by atomic mass is 10.2. The Hall–Kier alpha value is -1.13. The number of aliphatic hydroxyl groups excluding tert-OH is 2. The molecule has 0 aliphatic rings. The molecule has 1 aromatic rings. The van der Waals surface area contributed by atoms with Crippen molar-refractivity contribution in [1.82, 2.24) is 4.98 Å². The van der Waals surface area contributed by atoms with E-state index in [1.807, 2.05) is 19.2 Å². The van der Waals surface area contributed by atoms with E-state index in [1.54, 1.807) is 6.20 Å². The number of nitrogens with zero attached hydrogens (tertiary/aromatic N) is 2. The van der Waals surface area contributed by atoms with Crippen LogP contribution in [0.25, 0.3) is 0 Å². The molecule has 90 valence electrons. The summed E-state index contributed by atoms with van der Waals surface area (Å²) in [6.45, 7) is 1.23. The summed E-state index contributed by atoms with van der Waals surface area (Å²) in [4.78, 5) is 6.32. The number of anilines is 1. The average molecular weight is 224 g/mol. The highest BCUT2D eigenvalue weighted by Gasteiger charge is 2.02. The predicted molar refractivity (Wildman–Crippen MR) is 64.4 cm³/mol. The second kappa shape index (κ2) is 7.19. The summed E-state index contributed by atoms with van der Waals surface area (Å²) < 4.78 is 0. The van der Waals surface area contributed by atoms with E-state index in [4.69, 9.17) is 10.2 Å². The monoisotopic (exact) mass is 224 g/mol. The van der Waals surface area contributed by atoms with Gasteiger partial charge in [0, 0.05) is 26.4 Å². The van der Waals surface area contributed by atoms with E-state index in [1.165, 1.54) is 0 Å². The van der Waals surface area contributed by atoms with Crippen molar-refractivity contribution in [2.24, 2.45) is 0 Å². The van der Waals surface area contributed by atoms with E-state index in [2.05, 4.69) is 9.88 Å². The summed E-state index contributed by atoms with van der Waals surface area (Å²) in [5.41, 5.74) is 0.882. The van der Waals surface area contributed by atoms with Crippen molar-refractivity contribution in [1.29, 1.82) is 0 Å². The number of hydrogen-bond acceptors (Lipinski definition) is 4. The number of rotatable bonds is 7. The van der Waals surface area contributed by atoms with Gasteiger partial charge >= 0.3 is 0 Å². The van der Waals surface area contributed by atoms with Crippen LogP contribution in [-0.4, -0.2) is 35.4 Å². The van der Waals surface area contributed by atoms with Gasteiger partial charge in [0.05, 0.1) is 6.61 Å². The zero-order chi connectivity index (χ0) is 11.8. The number of pyridine rings is 1. The van der Waals surface area contributed by atoms with Crippen LogP contribution >= 0.6 is 0 Å². The lowest BCUT2D eigenvalue weighted by molar-refractivity contribution is 0.281. The van der Waals surface area contributed by atoms with Crippen LogP contribution in [-0.2, 0) is 6.61 Å². The van der Waals surface area contributed by atoms with E-state index in [-0.39, 0.29) is 13.2 Å². The first kappa shape index (κ1) is 12.9. The Labute approximate surface area is 96.6 Å². The quantitative estimate of drug-likeness (QED) is 0.683. The van der Waals surface area contributed by atoms with Crippen molar-refractivity contribution >= 4 is 5.82 Å². The minimum Gasteiger partial charge on any atom is -0.396 e. The molecule has 0 atom stereocenters. The van der Waals surface area contributed by atoms with Gasteiger partial charge in [-0.05, 0) is 37.0 Å².